The number of ketones is 2. The van der Waals surface area contributed by atoms with Gasteiger partial charge in [0.25, 0.3) is 0 Å². The highest BCUT2D eigenvalue weighted by atomic mass is 16.5. The maximum absolute atomic E-state index is 12.5. The Hall–Kier alpha value is -2.97. The molecule has 2 aromatic rings. The number of aromatic nitrogens is 2. The molecular formula is C34H50N4O5. The molecule has 0 bridgehead atoms. The number of fused-ring (bicyclic) bond motifs is 2. The third kappa shape index (κ3) is 7.40. The molecule has 43 heavy (non-hydrogen) atoms. The number of hydrogen-bond acceptors (Lipinski definition) is 7. The second-order valence-corrected chi connectivity index (χ2v) is 14.2. The van der Waals surface area contributed by atoms with E-state index >= 15 is 0 Å². The molecule has 9 nitrogen and oxygen atoms in total. The Morgan fingerprint density at radius 1 is 0.744 bits per heavy atom. The number of piperidine rings is 1. The second-order valence-electron chi connectivity index (χ2n) is 14.2. The van der Waals surface area contributed by atoms with E-state index in [2.05, 4.69) is 38.0 Å². The molecule has 3 aliphatic carbocycles. The van der Waals surface area contributed by atoms with E-state index in [1.807, 2.05) is 0 Å². The molecule has 236 valence electrons. The molecule has 4 aliphatic rings. The summed E-state index contributed by atoms with van der Waals surface area (Å²) in [6, 6.07) is -0.351. The van der Waals surface area contributed by atoms with Crippen LogP contribution in [0.4, 0.5) is 4.79 Å². The Morgan fingerprint density at radius 2 is 1.19 bits per heavy atom. The fourth-order valence-corrected chi connectivity index (χ4v) is 7.45. The molecule has 3 heterocycles. The van der Waals surface area contributed by atoms with Gasteiger partial charge in [-0.15, -0.1) is 0 Å². The summed E-state index contributed by atoms with van der Waals surface area (Å²) in [5, 5.41) is 8.38. The molecule has 2 fully saturated rings. The van der Waals surface area contributed by atoms with E-state index < -0.39 is 0 Å². The van der Waals surface area contributed by atoms with Crippen LogP contribution in [0.15, 0.2) is 9.05 Å². The van der Waals surface area contributed by atoms with Gasteiger partial charge in [-0.2, -0.15) is 0 Å². The number of nitrogens with two attached hydrogens (primary N) is 1. The molecule has 2 aromatic heterocycles. The van der Waals surface area contributed by atoms with Crippen LogP contribution in [0.1, 0.15) is 129 Å². The van der Waals surface area contributed by atoms with Crippen molar-refractivity contribution in [3.8, 4) is 0 Å². The quantitative estimate of drug-likeness (QED) is 0.398. The first-order chi connectivity index (χ1) is 20.6. The van der Waals surface area contributed by atoms with E-state index in [4.69, 9.17) is 14.8 Å². The number of urea groups is 1. The van der Waals surface area contributed by atoms with E-state index in [9.17, 15) is 14.4 Å². The van der Waals surface area contributed by atoms with Gasteiger partial charge in [0.2, 0.25) is 0 Å². The van der Waals surface area contributed by atoms with Crippen LogP contribution in [0.3, 0.4) is 0 Å². The molecular weight excluding hydrogens is 544 g/mol. The van der Waals surface area contributed by atoms with Crippen molar-refractivity contribution in [3.63, 3.8) is 0 Å². The van der Waals surface area contributed by atoms with E-state index in [-0.39, 0.29) is 17.6 Å². The largest absolute Gasteiger partial charge is 0.360 e. The minimum Gasteiger partial charge on any atom is -0.360 e. The Balaban J connectivity index is 0.000000173. The molecule has 2 N–H and O–H groups in total. The van der Waals surface area contributed by atoms with Crippen molar-refractivity contribution in [3.05, 3.63) is 34.0 Å². The number of carbonyl (C=O) groups is 3. The fourth-order valence-electron chi connectivity index (χ4n) is 7.45. The minimum atomic E-state index is -0.351. The van der Waals surface area contributed by atoms with Crippen LogP contribution in [0, 0.1) is 35.5 Å². The normalized spacial score (nSPS) is 23.3. The number of rotatable bonds is 6. The van der Waals surface area contributed by atoms with Gasteiger partial charge in [0, 0.05) is 38.8 Å². The van der Waals surface area contributed by atoms with Crippen molar-refractivity contribution in [2.45, 2.75) is 111 Å². The summed E-state index contributed by atoms with van der Waals surface area (Å²) in [4.78, 5) is 37.8. The lowest BCUT2D eigenvalue weighted by Crippen LogP contribution is -2.42. The predicted molar refractivity (Wildman–Crippen MR) is 163 cm³/mol. The summed E-state index contributed by atoms with van der Waals surface area (Å²) < 4.78 is 11.1. The van der Waals surface area contributed by atoms with Gasteiger partial charge in [-0.05, 0) is 61.2 Å². The number of nitrogens with zero attached hydrogens (tertiary/aromatic N) is 3. The van der Waals surface area contributed by atoms with Crippen molar-refractivity contribution >= 4 is 17.6 Å². The first-order valence-electron chi connectivity index (χ1n) is 16.7. The molecule has 0 spiro atoms. The summed E-state index contributed by atoms with van der Waals surface area (Å²) in [7, 11) is 0. The van der Waals surface area contributed by atoms with Crippen LogP contribution in [0.25, 0.3) is 0 Å². The molecule has 2 amide bonds. The van der Waals surface area contributed by atoms with E-state index in [1.54, 1.807) is 4.90 Å². The average molecular weight is 595 g/mol. The summed E-state index contributed by atoms with van der Waals surface area (Å²) in [5.41, 5.74) is 8.64. The molecule has 1 saturated carbocycles. The Bertz CT molecular complexity index is 1280. The van der Waals surface area contributed by atoms with Gasteiger partial charge in [-0.25, -0.2) is 4.79 Å². The molecule has 2 atom stereocenters. The van der Waals surface area contributed by atoms with E-state index in [0.717, 1.165) is 72.6 Å². The van der Waals surface area contributed by atoms with Crippen LogP contribution in [0.2, 0.25) is 0 Å². The highest BCUT2D eigenvalue weighted by molar-refractivity contribution is 5.99. The number of Topliss-reactive ketones (excluding diaryl/α,β-unsaturated/α-hetero) is 2. The SMILES string of the molecule is CC(C)C1CC(=O)c2c(noc2CC2CCCCC2)C1.CC(C)C1CC(=O)c2c(noc2CC2CCN(C(N)=O)CC2)C1. The highest BCUT2D eigenvalue weighted by Gasteiger charge is 2.35. The number of amides is 2. The number of carbonyl (C=O) groups excluding carboxylic acids is 3. The van der Waals surface area contributed by atoms with Gasteiger partial charge in [-0.1, -0.05) is 70.1 Å². The van der Waals surface area contributed by atoms with Crippen LogP contribution >= 0.6 is 0 Å². The lowest BCUT2D eigenvalue weighted by molar-refractivity contribution is 0.0923. The standard InChI is InChI=1S/C17H25N3O3.C17H25NO2/c1-10(2)12-8-13-16(14(21)9-12)15(23-19-13)7-11-3-5-20(6-4-11)17(18)22;1-11(2)13-9-14-17(15(19)10-13)16(20-18-14)8-12-6-4-3-5-7-12/h10-12H,3-9H2,1-2H3,(H2,18,22);11-13H,3-10H2,1-2H3. The molecule has 6 rings (SSSR count). The van der Waals surface area contributed by atoms with Crippen LogP contribution in [-0.2, 0) is 25.7 Å². The smallest absolute Gasteiger partial charge is 0.314 e. The van der Waals surface area contributed by atoms with Crippen LogP contribution < -0.4 is 5.73 Å². The van der Waals surface area contributed by atoms with Crippen LogP contribution in [-0.4, -0.2) is 45.9 Å². The van der Waals surface area contributed by atoms with Gasteiger partial charge >= 0.3 is 6.03 Å². The Kier molecular flexibility index (Phi) is 10.1. The van der Waals surface area contributed by atoms with Gasteiger partial charge in [0.15, 0.2) is 11.6 Å². The Morgan fingerprint density at radius 3 is 1.60 bits per heavy atom. The van der Waals surface area contributed by atoms with Crippen molar-refractivity contribution in [2.75, 3.05) is 13.1 Å². The molecule has 0 radical (unpaired) electrons. The average Bonchev–Trinajstić information content (AvgIpc) is 3.58. The fraction of sp³-hybridized carbons (Fsp3) is 0.735. The maximum atomic E-state index is 12.5. The topological polar surface area (TPSA) is 133 Å². The maximum Gasteiger partial charge on any atom is 0.314 e. The lowest BCUT2D eigenvalue weighted by atomic mass is 9.78. The zero-order valence-electron chi connectivity index (χ0n) is 26.5. The molecule has 1 aliphatic heterocycles. The summed E-state index contributed by atoms with van der Waals surface area (Å²) in [5.74, 6) is 4.97. The van der Waals surface area contributed by atoms with Crippen molar-refractivity contribution in [1.82, 2.24) is 15.2 Å². The molecule has 9 heteroatoms. The van der Waals surface area contributed by atoms with Crippen LogP contribution in [0.5, 0.6) is 0 Å². The van der Waals surface area contributed by atoms with Gasteiger partial charge in [0.1, 0.15) is 11.5 Å². The Labute approximate surface area is 255 Å². The van der Waals surface area contributed by atoms with Gasteiger partial charge < -0.3 is 19.7 Å². The van der Waals surface area contributed by atoms with Gasteiger partial charge in [-0.3, -0.25) is 9.59 Å². The molecule has 0 aromatic carbocycles. The first-order valence-corrected chi connectivity index (χ1v) is 16.7. The zero-order valence-corrected chi connectivity index (χ0v) is 26.5. The van der Waals surface area contributed by atoms with Crippen molar-refractivity contribution in [1.29, 1.82) is 0 Å². The third-order valence-electron chi connectivity index (χ3n) is 10.5. The van der Waals surface area contributed by atoms with Gasteiger partial charge in [0.05, 0.1) is 22.5 Å². The zero-order chi connectivity index (χ0) is 30.7. The minimum absolute atomic E-state index is 0.177. The molecule has 1 saturated heterocycles. The summed E-state index contributed by atoms with van der Waals surface area (Å²) in [6.07, 6.45) is 13.0. The monoisotopic (exact) mass is 594 g/mol. The second kappa shape index (κ2) is 13.8. The number of hydrogen-bond donors (Lipinski definition) is 1. The summed E-state index contributed by atoms with van der Waals surface area (Å²) >= 11 is 0. The summed E-state index contributed by atoms with van der Waals surface area (Å²) in [6.45, 7) is 10.0. The first kappa shape index (κ1) is 31.5. The molecule has 2 unspecified atom stereocenters. The third-order valence-corrected chi connectivity index (χ3v) is 10.5. The van der Waals surface area contributed by atoms with E-state index in [1.165, 1.54) is 32.1 Å². The van der Waals surface area contributed by atoms with Crippen molar-refractivity contribution < 1.29 is 23.4 Å². The number of primary amides is 1. The lowest BCUT2D eigenvalue weighted by Gasteiger charge is -2.30. The number of likely N-dealkylation sites (tertiary alicyclic amines) is 1. The highest BCUT2D eigenvalue weighted by Crippen LogP contribution is 2.35. The predicted octanol–water partition coefficient (Wildman–Crippen LogP) is 6.61. The van der Waals surface area contributed by atoms with Crippen molar-refractivity contribution in [2.24, 2.45) is 41.2 Å². The van der Waals surface area contributed by atoms with E-state index in [0.29, 0.717) is 61.4 Å².